The van der Waals surface area contributed by atoms with Gasteiger partial charge in [-0.15, -0.1) is 0 Å². The molecule has 32 heavy (non-hydrogen) atoms. The van der Waals surface area contributed by atoms with Crippen molar-refractivity contribution >= 4 is 5.78 Å². The van der Waals surface area contributed by atoms with Crippen LogP contribution < -0.4 is 0 Å². The van der Waals surface area contributed by atoms with E-state index in [-0.39, 0.29) is 21.8 Å². The molecule has 0 unspecified atom stereocenters. The molecule has 0 aliphatic heterocycles. The third kappa shape index (κ3) is 3.58. The van der Waals surface area contributed by atoms with Crippen LogP contribution >= 0.6 is 0 Å². The first-order chi connectivity index (χ1) is 14.5. The number of halogens is 6. The summed E-state index contributed by atoms with van der Waals surface area (Å²) in [6, 6.07) is 3.17. The number of carbonyl (C=O) groups is 1. The number of rotatable bonds is 3. The molecule has 0 aliphatic carbocycles. The minimum atomic E-state index is -2.08. The summed E-state index contributed by atoms with van der Waals surface area (Å²) in [5, 5.41) is 31.1. The van der Waals surface area contributed by atoms with Gasteiger partial charge >= 0.3 is 0 Å². The Hall–Kier alpha value is -3.80. The van der Waals surface area contributed by atoms with E-state index in [4.69, 9.17) is 10.5 Å². The first-order valence-electron chi connectivity index (χ1n) is 8.03. The van der Waals surface area contributed by atoms with Crippen LogP contribution in [-0.4, -0.2) is 20.7 Å². The van der Waals surface area contributed by atoms with Gasteiger partial charge in [-0.25, -0.2) is 26.3 Å². The first-order valence-corrected chi connectivity index (χ1v) is 8.03. The van der Waals surface area contributed by atoms with Gasteiger partial charge < -0.3 is 5.11 Å². The Morgan fingerprint density at radius 2 is 1.41 bits per heavy atom. The van der Waals surface area contributed by atoms with Gasteiger partial charge in [0.05, 0.1) is 5.69 Å². The van der Waals surface area contributed by atoms with E-state index >= 15 is 0 Å². The van der Waals surface area contributed by atoms with Crippen LogP contribution in [-0.2, 0) is 17.1 Å². The van der Waals surface area contributed by atoms with E-state index in [1.165, 1.54) is 6.07 Å². The second-order valence-electron chi connectivity index (χ2n) is 6.04. The summed E-state index contributed by atoms with van der Waals surface area (Å²) < 4.78 is 84.0. The number of aromatic nitrogens is 2. The Kier molecular flexibility index (Phi) is 6.69. The summed E-state index contributed by atoms with van der Waals surface area (Å²) in [4.78, 5) is 12.6. The van der Waals surface area contributed by atoms with Gasteiger partial charge in [0.15, 0.2) is 23.3 Å². The topological polar surface area (TPSA) is 103 Å². The summed E-state index contributed by atoms with van der Waals surface area (Å²) in [6.07, 6.45) is 0. The van der Waals surface area contributed by atoms with Crippen molar-refractivity contribution in [2.24, 2.45) is 0 Å². The summed E-state index contributed by atoms with van der Waals surface area (Å²) in [6.45, 7) is 1.06. The fourth-order valence-corrected chi connectivity index (χ4v) is 2.80. The molecule has 1 N–H and O–H groups in total. The molecule has 0 spiro atoms. The molecular weight excluding hydrogens is 494 g/mol. The summed E-state index contributed by atoms with van der Waals surface area (Å²) in [7, 11) is 0. The SMILES string of the molecule is Cc1nn(-c2c(F)c(F)c(C#N)c(F)c2F)c(O)c1C(=O)c1cc(F)c(C#N)c(F)c1.[Cu]. The van der Waals surface area contributed by atoms with Crippen LogP contribution in [0.5, 0.6) is 5.88 Å². The maximum absolute atomic E-state index is 14.3. The monoisotopic (exact) mass is 499 g/mol. The van der Waals surface area contributed by atoms with E-state index in [1.807, 2.05) is 0 Å². The smallest absolute Gasteiger partial charge is 0.226 e. The van der Waals surface area contributed by atoms with Crippen molar-refractivity contribution in [2.45, 2.75) is 6.92 Å². The average Bonchev–Trinajstić information content (AvgIpc) is 3.00. The molecule has 167 valence electrons. The zero-order valence-corrected chi connectivity index (χ0v) is 16.3. The van der Waals surface area contributed by atoms with Crippen molar-refractivity contribution in [3.8, 4) is 23.7 Å². The quantitative estimate of drug-likeness (QED) is 0.256. The largest absolute Gasteiger partial charge is 0.493 e. The third-order valence-electron chi connectivity index (χ3n) is 4.24. The minimum Gasteiger partial charge on any atom is -0.493 e. The standard InChI is InChI=1S/C19H6F6N4O2.Cu/c1-6-12(18(30)7-2-10(20)8(4-26)11(21)3-7)19(31)29(28-6)17-15(24)13(22)9(5-27)14(23)16(17)25;/h2-3,31H,1H3;. The predicted molar refractivity (Wildman–Crippen MR) is 89.0 cm³/mol. The molecule has 0 fully saturated rings. The fourth-order valence-electron chi connectivity index (χ4n) is 2.80. The van der Waals surface area contributed by atoms with E-state index in [9.17, 15) is 36.2 Å². The predicted octanol–water partition coefficient (Wildman–Crippen LogP) is 3.69. The number of benzene rings is 2. The zero-order valence-electron chi connectivity index (χ0n) is 15.4. The molecule has 1 aromatic heterocycles. The Bertz CT molecular complexity index is 1320. The van der Waals surface area contributed by atoms with E-state index in [0.717, 1.165) is 13.0 Å². The molecule has 0 amide bonds. The first kappa shape index (κ1) is 24.5. The van der Waals surface area contributed by atoms with Gasteiger partial charge in [-0.05, 0) is 19.1 Å². The molecule has 1 radical (unpaired) electrons. The molecule has 2 aromatic carbocycles. The number of aromatic hydroxyl groups is 1. The second kappa shape index (κ2) is 8.75. The van der Waals surface area contributed by atoms with Crippen molar-refractivity contribution in [1.29, 1.82) is 10.5 Å². The Morgan fingerprint density at radius 1 is 0.938 bits per heavy atom. The molecule has 0 bridgehead atoms. The van der Waals surface area contributed by atoms with Crippen molar-refractivity contribution in [1.82, 2.24) is 9.78 Å². The van der Waals surface area contributed by atoms with Crippen LogP contribution in [0.2, 0.25) is 0 Å². The Morgan fingerprint density at radius 3 is 1.84 bits per heavy atom. The van der Waals surface area contributed by atoms with Crippen LogP contribution in [0.1, 0.15) is 32.7 Å². The van der Waals surface area contributed by atoms with Gasteiger partial charge in [-0.3, -0.25) is 4.79 Å². The number of carbonyl (C=O) groups excluding carboxylic acids is 1. The fraction of sp³-hybridized carbons (Fsp3) is 0.0526. The van der Waals surface area contributed by atoms with Gasteiger partial charge in [-0.1, -0.05) is 0 Å². The van der Waals surface area contributed by atoms with Crippen LogP contribution in [0.15, 0.2) is 12.1 Å². The molecule has 3 aromatic rings. The number of aryl methyl sites for hydroxylation is 1. The number of hydrogen-bond donors (Lipinski definition) is 1. The molecule has 1 heterocycles. The van der Waals surface area contributed by atoms with E-state index < -0.39 is 80.2 Å². The normalized spacial score (nSPS) is 10.3. The van der Waals surface area contributed by atoms with Crippen molar-refractivity contribution in [3.63, 3.8) is 0 Å². The maximum atomic E-state index is 14.3. The summed E-state index contributed by atoms with van der Waals surface area (Å²) in [5.41, 5.74) is -5.98. The molecule has 0 saturated heterocycles. The van der Waals surface area contributed by atoms with Crippen LogP contribution in [0, 0.1) is 64.5 Å². The van der Waals surface area contributed by atoms with Crippen LogP contribution in [0.3, 0.4) is 0 Å². The number of nitriles is 2. The van der Waals surface area contributed by atoms with Gasteiger partial charge in [0.1, 0.15) is 46.2 Å². The summed E-state index contributed by atoms with van der Waals surface area (Å²) >= 11 is 0. The number of nitrogens with zero attached hydrogens (tertiary/aromatic N) is 4. The van der Waals surface area contributed by atoms with Gasteiger partial charge in [-0.2, -0.15) is 20.3 Å². The Balaban J connectivity index is 0.00000363. The van der Waals surface area contributed by atoms with E-state index in [0.29, 0.717) is 12.1 Å². The molecule has 0 aliphatic rings. The molecule has 0 atom stereocenters. The Labute approximate surface area is 185 Å². The molecule has 13 heteroatoms. The van der Waals surface area contributed by atoms with Gasteiger partial charge in [0.25, 0.3) is 0 Å². The second-order valence-corrected chi connectivity index (χ2v) is 6.04. The van der Waals surface area contributed by atoms with Crippen LogP contribution in [0.4, 0.5) is 26.3 Å². The van der Waals surface area contributed by atoms with E-state index in [2.05, 4.69) is 5.10 Å². The van der Waals surface area contributed by atoms with Gasteiger partial charge in [0.2, 0.25) is 11.7 Å². The van der Waals surface area contributed by atoms with Crippen molar-refractivity contribution in [2.75, 3.05) is 0 Å². The zero-order chi connectivity index (χ0) is 23.2. The molecule has 6 nitrogen and oxygen atoms in total. The third-order valence-corrected chi connectivity index (χ3v) is 4.24. The molecule has 0 saturated carbocycles. The van der Waals surface area contributed by atoms with Crippen LogP contribution in [0.25, 0.3) is 5.69 Å². The summed E-state index contributed by atoms with van der Waals surface area (Å²) in [5.74, 6) is -13.6. The molecular formula is C19H6CuF6N4O2. The van der Waals surface area contributed by atoms with E-state index in [1.54, 1.807) is 0 Å². The van der Waals surface area contributed by atoms with Crippen molar-refractivity contribution < 1.29 is 53.3 Å². The molecule has 3 rings (SSSR count). The minimum absolute atomic E-state index is 0. The van der Waals surface area contributed by atoms with Crippen molar-refractivity contribution in [3.05, 3.63) is 75.0 Å². The number of ketones is 1. The average molecular weight is 500 g/mol. The number of hydrogen-bond acceptors (Lipinski definition) is 5. The maximum Gasteiger partial charge on any atom is 0.226 e. The van der Waals surface area contributed by atoms with Gasteiger partial charge in [0, 0.05) is 22.6 Å².